The van der Waals surface area contributed by atoms with Gasteiger partial charge in [0.2, 0.25) is 5.91 Å². The van der Waals surface area contributed by atoms with Gasteiger partial charge in [-0.15, -0.1) is 0 Å². The van der Waals surface area contributed by atoms with Gasteiger partial charge in [0.1, 0.15) is 18.4 Å². The number of carbonyl (C=O) groups excluding carboxylic acids is 1. The molecular weight excluding hydrogens is 442 g/mol. The molecule has 11 heteroatoms. The minimum atomic E-state index is -4.93. The Labute approximate surface area is 180 Å². The van der Waals surface area contributed by atoms with Gasteiger partial charge < -0.3 is 15.2 Å². The first kappa shape index (κ1) is 25.5. The quantitative estimate of drug-likeness (QED) is 0.519. The van der Waals surface area contributed by atoms with Crippen LogP contribution in [-0.4, -0.2) is 30.2 Å². The van der Waals surface area contributed by atoms with E-state index in [9.17, 15) is 36.2 Å². The smallest absolute Gasteiger partial charge is 0.416 e. The molecule has 0 saturated heterocycles. The van der Waals surface area contributed by atoms with Crippen molar-refractivity contribution in [3.05, 3.63) is 64.7 Å². The lowest BCUT2D eigenvalue weighted by Gasteiger charge is -2.20. The van der Waals surface area contributed by atoms with Crippen molar-refractivity contribution in [1.82, 2.24) is 10.6 Å². The van der Waals surface area contributed by atoms with Crippen molar-refractivity contribution in [1.29, 1.82) is 0 Å². The van der Waals surface area contributed by atoms with Gasteiger partial charge in [0.15, 0.2) is 0 Å². The van der Waals surface area contributed by atoms with Gasteiger partial charge in [-0.05, 0) is 48.4 Å². The predicted molar refractivity (Wildman–Crippen MR) is 104 cm³/mol. The molecule has 0 aliphatic carbocycles. The van der Waals surface area contributed by atoms with Crippen molar-refractivity contribution in [2.75, 3.05) is 7.05 Å². The summed E-state index contributed by atoms with van der Waals surface area (Å²) in [5.41, 5.74) is -2.37. The third-order valence-electron chi connectivity index (χ3n) is 4.51. The van der Waals surface area contributed by atoms with E-state index in [0.29, 0.717) is 17.7 Å². The molecule has 0 fully saturated rings. The number of likely N-dealkylation sites (N-methyl/N-ethyl adjacent to an activating group) is 1. The number of aliphatic hydroxyl groups is 1. The van der Waals surface area contributed by atoms with Crippen molar-refractivity contribution < 1.29 is 41.0 Å². The van der Waals surface area contributed by atoms with Crippen molar-refractivity contribution >= 4 is 5.91 Å². The molecule has 5 nitrogen and oxygen atoms in total. The Bertz CT molecular complexity index is 879. The minimum absolute atomic E-state index is 0.0601. The zero-order chi connectivity index (χ0) is 24.1. The summed E-state index contributed by atoms with van der Waals surface area (Å²) in [5.74, 6) is -0.155. The molecule has 0 aliphatic heterocycles. The molecule has 0 saturated carbocycles. The second-order valence-electron chi connectivity index (χ2n) is 7.06. The number of hydrogen-bond donors (Lipinski definition) is 3. The van der Waals surface area contributed by atoms with Gasteiger partial charge in [0.25, 0.3) is 0 Å². The van der Waals surface area contributed by atoms with Crippen LogP contribution < -0.4 is 15.4 Å². The molecule has 0 spiro atoms. The second kappa shape index (κ2) is 10.2. The van der Waals surface area contributed by atoms with E-state index >= 15 is 0 Å². The Morgan fingerprint density at radius 3 is 1.94 bits per heavy atom. The summed E-state index contributed by atoms with van der Waals surface area (Å²) in [5, 5.41) is 15.0. The maximum atomic E-state index is 12.9. The Morgan fingerprint density at radius 2 is 1.50 bits per heavy atom. The summed E-state index contributed by atoms with van der Waals surface area (Å²) in [6, 6.07) is 6.66. The highest BCUT2D eigenvalue weighted by Crippen LogP contribution is 2.36. The molecule has 2 unspecified atom stereocenters. The third-order valence-corrected chi connectivity index (χ3v) is 4.51. The van der Waals surface area contributed by atoms with Crippen LogP contribution in [0.15, 0.2) is 42.5 Å². The molecule has 0 bridgehead atoms. The summed E-state index contributed by atoms with van der Waals surface area (Å²) in [6.45, 7) is 1.19. The monoisotopic (exact) mass is 464 g/mol. The van der Waals surface area contributed by atoms with E-state index in [1.54, 1.807) is 12.1 Å². The second-order valence-corrected chi connectivity index (χ2v) is 7.06. The van der Waals surface area contributed by atoms with Gasteiger partial charge in [-0.1, -0.05) is 12.1 Å². The lowest BCUT2D eigenvalue weighted by atomic mass is 10.1. The molecule has 2 atom stereocenters. The summed E-state index contributed by atoms with van der Waals surface area (Å²) in [6.07, 6.45) is -10.8. The van der Waals surface area contributed by atoms with Crippen LogP contribution in [0.2, 0.25) is 0 Å². The van der Waals surface area contributed by atoms with E-state index in [-0.39, 0.29) is 29.8 Å². The van der Waals surface area contributed by atoms with E-state index in [2.05, 4.69) is 10.6 Å². The number of rotatable bonds is 8. The fourth-order valence-corrected chi connectivity index (χ4v) is 2.84. The van der Waals surface area contributed by atoms with Crippen LogP contribution in [0.4, 0.5) is 26.3 Å². The molecule has 176 valence electrons. The number of carbonyl (C=O) groups is 1. The maximum absolute atomic E-state index is 12.9. The van der Waals surface area contributed by atoms with E-state index in [4.69, 9.17) is 4.74 Å². The standard InChI is InChI=1S/C21H22F6N2O3/c1-12(30)18(19(31)28-2)29-10-13-3-5-17(6-4-13)32-11-14-7-15(20(22,23)24)9-16(8-14)21(25,26)27/h3-9,12,18,29-30H,10-11H2,1-2H3,(H,28,31). The fraction of sp³-hybridized carbons (Fsp3) is 0.381. The van der Waals surface area contributed by atoms with Crippen LogP contribution in [0.5, 0.6) is 5.75 Å². The maximum Gasteiger partial charge on any atom is 0.416 e. The summed E-state index contributed by atoms with van der Waals surface area (Å²) >= 11 is 0. The topological polar surface area (TPSA) is 70.6 Å². The Hall–Kier alpha value is -2.79. The molecule has 3 N–H and O–H groups in total. The van der Waals surface area contributed by atoms with Crippen LogP contribution >= 0.6 is 0 Å². The summed E-state index contributed by atoms with van der Waals surface area (Å²) < 4.78 is 83.0. The lowest BCUT2D eigenvalue weighted by molar-refractivity contribution is -0.143. The largest absolute Gasteiger partial charge is 0.489 e. The number of amides is 1. The van der Waals surface area contributed by atoms with Crippen molar-refractivity contribution in [3.8, 4) is 5.75 Å². The molecule has 2 aromatic carbocycles. The number of halogens is 6. The first-order chi connectivity index (χ1) is 14.8. The first-order valence-corrected chi connectivity index (χ1v) is 9.44. The predicted octanol–water partition coefficient (Wildman–Crippen LogP) is 3.89. The van der Waals surface area contributed by atoms with E-state index in [1.807, 2.05) is 0 Å². The molecule has 32 heavy (non-hydrogen) atoms. The number of aliphatic hydroxyl groups excluding tert-OH is 1. The molecule has 0 heterocycles. The van der Waals surface area contributed by atoms with Gasteiger partial charge in [0, 0.05) is 13.6 Å². The van der Waals surface area contributed by atoms with Gasteiger partial charge in [-0.25, -0.2) is 0 Å². The van der Waals surface area contributed by atoms with E-state index in [1.165, 1.54) is 26.1 Å². The van der Waals surface area contributed by atoms with Crippen molar-refractivity contribution in [3.63, 3.8) is 0 Å². The number of alkyl halides is 6. The number of nitrogens with one attached hydrogen (secondary N) is 2. The van der Waals surface area contributed by atoms with E-state index in [0.717, 1.165) is 0 Å². The SMILES string of the molecule is CNC(=O)C(NCc1ccc(OCc2cc(C(F)(F)F)cc(C(F)(F)F)c2)cc1)C(C)O. The zero-order valence-corrected chi connectivity index (χ0v) is 17.1. The Kier molecular flexibility index (Phi) is 8.13. The number of ether oxygens (including phenoxy) is 1. The first-order valence-electron chi connectivity index (χ1n) is 9.44. The third kappa shape index (κ3) is 7.13. The molecule has 0 aromatic heterocycles. The molecular formula is C21H22F6N2O3. The summed E-state index contributed by atoms with van der Waals surface area (Å²) in [7, 11) is 1.44. The molecule has 2 rings (SSSR count). The van der Waals surface area contributed by atoms with Crippen LogP contribution in [0.3, 0.4) is 0 Å². The Balaban J connectivity index is 2.06. The zero-order valence-electron chi connectivity index (χ0n) is 17.1. The minimum Gasteiger partial charge on any atom is -0.489 e. The van der Waals surface area contributed by atoms with Gasteiger partial charge >= 0.3 is 12.4 Å². The van der Waals surface area contributed by atoms with Crippen LogP contribution in [0.25, 0.3) is 0 Å². The fourth-order valence-electron chi connectivity index (χ4n) is 2.84. The average Bonchev–Trinajstić information content (AvgIpc) is 2.71. The lowest BCUT2D eigenvalue weighted by Crippen LogP contribution is -2.49. The number of hydrogen-bond acceptors (Lipinski definition) is 4. The van der Waals surface area contributed by atoms with Crippen molar-refractivity contribution in [2.45, 2.75) is 44.6 Å². The Morgan fingerprint density at radius 1 is 0.969 bits per heavy atom. The normalized spacial score (nSPS) is 14.0. The van der Waals surface area contributed by atoms with Gasteiger partial charge in [-0.3, -0.25) is 10.1 Å². The van der Waals surface area contributed by atoms with Crippen LogP contribution in [0, 0.1) is 0 Å². The number of benzene rings is 2. The van der Waals surface area contributed by atoms with Gasteiger partial charge in [-0.2, -0.15) is 26.3 Å². The molecule has 2 aromatic rings. The van der Waals surface area contributed by atoms with E-state index < -0.39 is 42.2 Å². The van der Waals surface area contributed by atoms with Gasteiger partial charge in [0.05, 0.1) is 17.2 Å². The van der Waals surface area contributed by atoms with Crippen molar-refractivity contribution in [2.24, 2.45) is 0 Å². The molecule has 0 radical (unpaired) electrons. The average molecular weight is 464 g/mol. The van der Waals surface area contributed by atoms with Crippen LogP contribution in [0.1, 0.15) is 29.2 Å². The summed E-state index contributed by atoms with van der Waals surface area (Å²) in [4.78, 5) is 11.7. The highest BCUT2D eigenvalue weighted by atomic mass is 19.4. The highest BCUT2D eigenvalue weighted by Gasteiger charge is 2.36. The highest BCUT2D eigenvalue weighted by molar-refractivity contribution is 5.82. The molecule has 0 aliphatic rings. The molecule has 1 amide bonds. The van der Waals surface area contributed by atoms with Crippen LogP contribution in [-0.2, 0) is 30.3 Å².